The number of thioether (sulfide) groups is 2. The van der Waals surface area contributed by atoms with Crippen LogP contribution in [-0.4, -0.2) is 45.0 Å². The first kappa shape index (κ1) is 14.7. The SMILES string of the molecule is O=C(O)Cc1csc(SC2CCOC3(CCSC3)C2)n1. The Bertz CT molecular complexity index is 485. The van der Waals surface area contributed by atoms with E-state index in [-0.39, 0.29) is 12.0 Å². The van der Waals surface area contributed by atoms with Gasteiger partial charge in [-0.05, 0) is 25.0 Å². The van der Waals surface area contributed by atoms with Crippen LogP contribution < -0.4 is 0 Å². The summed E-state index contributed by atoms with van der Waals surface area (Å²) in [4.78, 5) is 15.1. The lowest BCUT2D eigenvalue weighted by Gasteiger charge is -2.37. The second-order valence-corrected chi connectivity index (χ2v) is 8.75. The van der Waals surface area contributed by atoms with E-state index in [1.165, 1.54) is 5.75 Å². The molecule has 2 unspecified atom stereocenters. The van der Waals surface area contributed by atoms with E-state index in [9.17, 15) is 4.79 Å². The number of hydrogen-bond donors (Lipinski definition) is 1. The summed E-state index contributed by atoms with van der Waals surface area (Å²) in [5.74, 6) is 1.50. The number of carbonyl (C=O) groups is 1. The van der Waals surface area contributed by atoms with Crippen molar-refractivity contribution in [3.63, 3.8) is 0 Å². The number of carboxylic acids is 1. The fourth-order valence-corrected chi connectivity index (χ4v) is 6.42. The Balaban J connectivity index is 1.59. The lowest BCUT2D eigenvalue weighted by Crippen LogP contribution is -2.40. The van der Waals surface area contributed by atoms with E-state index in [1.807, 2.05) is 17.1 Å². The van der Waals surface area contributed by atoms with Crippen LogP contribution in [0.2, 0.25) is 0 Å². The third kappa shape index (κ3) is 3.50. The Labute approximate surface area is 130 Å². The molecule has 3 rings (SSSR count). The molecule has 0 aliphatic carbocycles. The molecule has 4 nitrogen and oxygen atoms in total. The average molecular weight is 331 g/mol. The summed E-state index contributed by atoms with van der Waals surface area (Å²) in [5, 5.41) is 11.2. The number of nitrogens with zero attached hydrogens (tertiary/aromatic N) is 1. The zero-order valence-corrected chi connectivity index (χ0v) is 13.5. The summed E-state index contributed by atoms with van der Waals surface area (Å²) >= 11 is 5.34. The molecule has 0 radical (unpaired) electrons. The minimum Gasteiger partial charge on any atom is -0.481 e. The van der Waals surface area contributed by atoms with Gasteiger partial charge in [-0.2, -0.15) is 11.8 Å². The van der Waals surface area contributed by atoms with Crippen molar-refractivity contribution >= 4 is 40.8 Å². The summed E-state index contributed by atoms with van der Waals surface area (Å²) in [7, 11) is 0. The molecule has 7 heteroatoms. The highest BCUT2D eigenvalue weighted by atomic mass is 32.2. The fraction of sp³-hybridized carbons (Fsp3) is 0.692. The number of carboxylic acid groups (broad SMARTS) is 1. The van der Waals surface area contributed by atoms with Crippen LogP contribution in [0.15, 0.2) is 9.72 Å². The Hall–Kier alpha value is -0.240. The van der Waals surface area contributed by atoms with Gasteiger partial charge in [-0.15, -0.1) is 11.3 Å². The lowest BCUT2D eigenvalue weighted by molar-refractivity contribution is -0.136. The van der Waals surface area contributed by atoms with Crippen molar-refractivity contribution in [2.24, 2.45) is 0 Å². The van der Waals surface area contributed by atoms with Crippen LogP contribution in [0.1, 0.15) is 25.0 Å². The Kier molecular flexibility index (Phi) is 4.59. The maximum absolute atomic E-state index is 10.7. The summed E-state index contributed by atoms with van der Waals surface area (Å²) in [5.41, 5.74) is 0.769. The molecule has 0 bridgehead atoms. The highest BCUT2D eigenvalue weighted by Gasteiger charge is 2.40. The Morgan fingerprint density at radius 1 is 1.65 bits per heavy atom. The minimum atomic E-state index is -0.820. The van der Waals surface area contributed by atoms with Crippen molar-refractivity contribution in [2.45, 2.75) is 40.9 Å². The van der Waals surface area contributed by atoms with E-state index in [0.29, 0.717) is 10.9 Å². The number of aliphatic carboxylic acids is 1. The van der Waals surface area contributed by atoms with Crippen LogP contribution in [-0.2, 0) is 16.0 Å². The Morgan fingerprint density at radius 3 is 3.30 bits per heavy atom. The number of thiazole rings is 1. The van der Waals surface area contributed by atoms with Gasteiger partial charge < -0.3 is 9.84 Å². The maximum Gasteiger partial charge on any atom is 0.309 e. The number of rotatable bonds is 4. The van der Waals surface area contributed by atoms with Crippen LogP contribution in [0, 0.1) is 0 Å². The zero-order valence-electron chi connectivity index (χ0n) is 11.0. The Morgan fingerprint density at radius 2 is 2.55 bits per heavy atom. The van der Waals surface area contributed by atoms with Gasteiger partial charge in [0.2, 0.25) is 0 Å². The van der Waals surface area contributed by atoms with Gasteiger partial charge in [0.25, 0.3) is 0 Å². The quantitative estimate of drug-likeness (QED) is 0.915. The number of aromatic nitrogens is 1. The van der Waals surface area contributed by atoms with Crippen molar-refractivity contribution in [1.29, 1.82) is 0 Å². The summed E-state index contributed by atoms with van der Waals surface area (Å²) in [6.45, 7) is 0.839. The van der Waals surface area contributed by atoms with Crippen LogP contribution in [0.4, 0.5) is 0 Å². The number of hydrogen-bond acceptors (Lipinski definition) is 6. The maximum atomic E-state index is 10.7. The molecule has 110 valence electrons. The van der Waals surface area contributed by atoms with E-state index >= 15 is 0 Å². The largest absolute Gasteiger partial charge is 0.481 e. The van der Waals surface area contributed by atoms with Gasteiger partial charge in [-0.25, -0.2) is 4.98 Å². The molecule has 1 spiro atoms. The normalized spacial score (nSPS) is 29.9. The molecule has 2 aliphatic rings. The molecule has 0 saturated carbocycles. The van der Waals surface area contributed by atoms with E-state index in [2.05, 4.69) is 4.98 Å². The molecule has 2 fully saturated rings. The second kappa shape index (κ2) is 6.25. The van der Waals surface area contributed by atoms with Gasteiger partial charge in [-0.3, -0.25) is 4.79 Å². The highest BCUT2D eigenvalue weighted by Crippen LogP contribution is 2.43. The molecule has 0 aromatic carbocycles. The molecule has 1 aromatic heterocycles. The van der Waals surface area contributed by atoms with Crippen molar-refractivity contribution in [2.75, 3.05) is 18.1 Å². The summed E-state index contributed by atoms with van der Waals surface area (Å²) in [6, 6.07) is 0. The van der Waals surface area contributed by atoms with Crippen LogP contribution in [0.3, 0.4) is 0 Å². The monoisotopic (exact) mass is 331 g/mol. The van der Waals surface area contributed by atoms with Gasteiger partial charge in [0.15, 0.2) is 0 Å². The first-order valence-corrected chi connectivity index (χ1v) is 9.61. The topological polar surface area (TPSA) is 59.4 Å². The van der Waals surface area contributed by atoms with E-state index in [0.717, 1.165) is 36.0 Å². The van der Waals surface area contributed by atoms with Gasteiger partial charge in [0, 0.05) is 23.0 Å². The lowest BCUT2D eigenvalue weighted by atomic mass is 9.93. The standard InChI is InChI=1S/C13H17NO3S3/c15-11(16)5-9-7-19-12(14-9)20-10-1-3-17-13(6-10)2-4-18-8-13/h7,10H,1-6,8H2,(H,15,16). The fourth-order valence-electron chi connectivity index (χ4n) is 2.67. The molecule has 1 N–H and O–H groups in total. The molecule has 20 heavy (non-hydrogen) atoms. The molecular formula is C13H17NO3S3. The predicted molar refractivity (Wildman–Crippen MR) is 83.0 cm³/mol. The molecule has 2 saturated heterocycles. The molecule has 3 heterocycles. The molecular weight excluding hydrogens is 314 g/mol. The second-order valence-electron chi connectivity index (χ2n) is 5.24. The molecule has 2 aliphatic heterocycles. The summed E-state index contributed by atoms with van der Waals surface area (Å²) < 4.78 is 7.02. The van der Waals surface area contributed by atoms with Gasteiger partial charge >= 0.3 is 5.97 Å². The van der Waals surface area contributed by atoms with Crippen molar-refractivity contribution in [3.8, 4) is 0 Å². The third-order valence-corrected chi connectivity index (χ3v) is 7.16. The molecule has 2 atom stereocenters. The molecule has 1 aromatic rings. The van der Waals surface area contributed by atoms with Crippen LogP contribution in [0.25, 0.3) is 0 Å². The summed E-state index contributed by atoms with van der Waals surface area (Å²) in [6.07, 6.45) is 3.34. The van der Waals surface area contributed by atoms with Gasteiger partial charge in [0.05, 0.1) is 17.7 Å². The molecule has 0 amide bonds. The van der Waals surface area contributed by atoms with E-state index in [1.54, 1.807) is 23.1 Å². The average Bonchev–Trinajstić information content (AvgIpc) is 2.99. The van der Waals surface area contributed by atoms with Gasteiger partial charge in [-0.1, -0.05) is 11.8 Å². The van der Waals surface area contributed by atoms with Crippen LogP contribution >= 0.6 is 34.9 Å². The zero-order chi connectivity index (χ0) is 14.0. The highest BCUT2D eigenvalue weighted by molar-refractivity contribution is 8.01. The first-order chi connectivity index (χ1) is 9.65. The minimum absolute atomic E-state index is 0.0193. The first-order valence-electron chi connectivity index (χ1n) is 6.70. The van der Waals surface area contributed by atoms with Crippen molar-refractivity contribution < 1.29 is 14.6 Å². The van der Waals surface area contributed by atoms with Crippen molar-refractivity contribution in [3.05, 3.63) is 11.1 Å². The van der Waals surface area contributed by atoms with E-state index < -0.39 is 5.97 Å². The van der Waals surface area contributed by atoms with Crippen LogP contribution in [0.5, 0.6) is 0 Å². The van der Waals surface area contributed by atoms with Crippen molar-refractivity contribution in [1.82, 2.24) is 4.98 Å². The third-order valence-electron chi connectivity index (χ3n) is 3.65. The smallest absolute Gasteiger partial charge is 0.309 e. The van der Waals surface area contributed by atoms with Gasteiger partial charge in [0.1, 0.15) is 4.34 Å². The van der Waals surface area contributed by atoms with E-state index in [4.69, 9.17) is 9.84 Å². The predicted octanol–water partition coefficient (Wildman–Crippen LogP) is 2.92. The number of ether oxygens (including phenoxy) is 1.